The summed E-state index contributed by atoms with van der Waals surface area (Å²) in [5.74, 6) is 1.17. The van der Waals surface area contributed by atoms with Gasteiger partial charge in [0.15, 0.2) is 0 Å². The minimum absolute atomic E-state index is 0.580. The van der Waals surface area contributed by atoms with E-state index in [1.165, 1.54) is 22.4 Å². The second kappa shape index (κ2) is 5.30. The van der Waals surface area contributed by atoms with Crippen molar-refractivity contribution >= 4 is 17.0 Å². The molecule has 1 atom stereocenters. The van der Waals surface area contributed by atoms with Crippen molar-refractivity contribution in [2.45, 2.75) is 26.2 Å². The molecule has 19 heavy (non-hydrogen) atoms. The maximum atomic E-state index is 4.70. The Kier molecular flexibility index (Phi) is 3.52. The van der Waals surface area contributed by atoms with Gasteiger partial charge in [-0.3, -0.25) is 4.99 Å². The van der Waals surface area contributed by atoms with Gasteiger partial charge in [-0.15, -0.1) is 0 Å². The first kappa shape index (κ1) is 12.6. The van der Waals surface area contributed by atoms with Crippen LogP contribution in [0.5, 0.6) is 0 Å². The molecule has 0 spiro atoms. The summed E-state index contributed by atoms with van der Waals surface area (Å²) in [7, 11) is 0. The smallest absolute Gasteiger partial charge is 0.0461 e. The number of benzene rings is 1. The third-order valence-corrected chi connectivity index (χ3v) is 4.53. The molecular weight excluding hydrogens is 250 g/mol. The van der Waals surface area contributed by atoms with Gasteiger partial charge in [0.05, 0.1) is 0 Å². The molecule has 2 heteroatoms. The topological polar surface area (TPSA) is 12.4 Å². The van der Waals surface area contributed by atoms with Gasteiger partial charge in [0.2, 0.25) is 0 Å². The molecule has 0 radical (unpaired) electrons. The molecule has 1 aromatic carbocycles. The molecule has 0 N–H and O–H groups in total. The van der Waals surface area contributed by atoms with Gasteiger partial charge < -0.3 is 0 Å². The van der Waals surface area contributed by atoms with E-state index >= 15 is 0 Å². The largest absolute Gasteiger partial charge is 0.293 e. The zero-order valence-electron chi connectivity index (χ0n) is 11.5. The van der Waals surface area contributed by atoms with Gasteiger partial charge >= 0.3 is 0 Å². The molecule has 1 unspecified atom stereocenters. The van der Waals surface area contributed by atoms with Gasteiger partial charge in [0.25, 0.3) is 0 Å². The van der Waals surface area contributed by atoms with Gasteiger partial charge in [-0.05, 0) is 45.9 Å². The normalized spacial score (nSPS) is 18.9. The van der Waals surface area contributed by atoms with Crippen molar-refractivity contribution in [3.8, 4) is 11.1 Å². The summed E-state index contributed by atoms with van der Waals surface area (Å²) in [6.07, 6.45) is 1.13. The van der Waals surface area contributed by atoms with E-state index in [-0.39, 0.29) is 0 Å². The molecule has 0 bridgehead atoms. The van der Waals surface area contributed by atoms with Crippen LogP contribution in [0.2, 0.25) is 0 Å². The highest BCUT2D eigenvalue weighted by atomic mass is 32.1. The van der Waals surface area contributed by atoms with Gasteiger partial charge in [0.1, 0.15) is 0 Å². The zero-order valence-corrected chi connectivity index (χ0v) is 12.3. The summed E-state index contributed by atoms with van der Waals surface area (Å²) in [5, 5.41) is 4.35. The predicted octanol–water partition coefficient (Wildman–Crippen LogP) is 5.00. The lowest BCUT2D eigenvalue weighted by molar-refractivity contribution is 0.767. The zero-order chi connectivity index (χ0) is 13.2. The quantitative estimate of drug-likeness (QED) is 0.743. The monoisotopic (exact) mass is 269 g/mol. The van der Waals surface area contributed by atoms with E-state index in [0.717, 1.165) is 13.0 Å². The molecule has 1 nitrogen and oxygen atoms in total. The third-order valence-electron chi connectivity index (χ3n) is 3.85. The van der Waals surface area contributed by atoms with E-state index in [2.05, 4.69) is 54.9 Å². The Bertz CT molecular complexity index is 581. The molecule has 98 valence electrons. The lowest BCUT2D eigenvalue weighted by Crippen LogP contribution is -2.06. The molecule has 1 aliphatic rings. The van der Waals surface area contributed by atoms with Crippen LogP contribution >= 0.6 is 11.3 Å². The predicted molar refractivity (Wildman–Crippen MR) is 84.3 cm³/mol. The first-order chi connectivity index (χ1) is 9.24. The Morgan fingerprint density at radius 1 is 1.21 bits per heavy atom. The molecule has 0 saturated carbocycles. The fraction of sp³-hybridized carbons (Fsp3) is 0.353. The Morgan fingerprint density at radius 3 is 2.79 bits per heavy atom. The second-order valence-corrected chi connectivity index (χ2v) is 6.31. The van der Waals surface area contributed by atoms with Gasteiger partial charge in [0, 0.05) is 18.2 Å². The van der Waals surface area contributed by atoms with Crippen LogP contribution in [0.15, 0.2) is 46.1 Å². The molecule has 0 aliphatic carbocycles. The van der Waals surface area contributed by atoms with Crippen molar-refractivity contribution in [1.29, 1.82) is 0 Å². The SMILES string of the molecule is CC(C)C1=NCC(c2cccc(-c3ccsc3)c2)C1. The van der Waals surface area contributed by atoms with Crippen LogP contribution < -0.4 is 0 Å². The van der Waals surface area contributed by atoms with Gasteiger partial charge in [-0.1, -0.05) is 38.1 Å². The Labute approximate surface area is 119 Å². The standard InChI is InChI=1S/C17H19NS/c1-12(2)17-9-16(10-18-17)14-5-3-4-13(8-14)15-6-7-19-11-15/h3-8,11-12,16H,9-10H2,1-2H3. The molecule has 3 rings (SSSR count). The first-order valence-corrected chi connectivity index (χ1v) is 7.84. The van der Waals surface area contributed by atoms with Crippen molar-refractivity contribution in [3.05, 3.63) is 46.7 Å². The van der Waals surface area contributed by atoms with Crippen LogP contribution in [0.1, 0.15) is 31.7 Å². The first-order valence-electron chi connectivity index (χ1n) is 6.90. The number of hydrogen-bond acceptors (Lipinski definition) is 2. The van der Waals surface area contributed by atoms with E-state index in [4.69, 9.17) is 4.99 Å². The second-order valence-electron chi connectivity index (χ2n) is 5.53. The summed E-state index contributed by atoms with van der Waals surface area (Å²) in [5.41, 5.74) is 5.47. The summed E-state index contributed by atoms with van der Waals surface area (Å²) in [6, 6.07) is 11.2. The van der Waals surface area contributed by atoms with E-state index in [0.29, 0.717) is 11.8 Å². The Balaban J connectivity index is 1.82. The maximum absolute atomic E-state index is 4.70. The Morgan fingerprint density at radius 2 is 2.11 bits per heavy atom. The summed E-state index contributed by atoms with van der Waals surface area (Å²) in [6.45, 7) is 5.44. The van der Waals surface area contributed by atoms with Crippen LogP contribution in [0.3, 0.4) is 0 Å². The van der Waals surface area contributed by atoms with Crippen LogP contribution in [0.25, 0.3) is 11.1 Å². The van der Waals surface area contributed by atoms with E-state index in [9.17, 15) is 0 Å². The van der Waals surface area contributed by atoms with Crippen LogP contribution in [0.4, 0.5) is 0 Å². The molecule has 0 fully saturated rings. The molecule has 1 aliphatic heterocycles. The fourth-order valence-electron chi connectivity index (χ4n) is 2.65. The average molecular weight is 269 g/mol. The molecule has 0 amide bonds. The van der Waals surface area contributed by atoms with Crippen molar-refractivity contribution in [1.82, 2.24) is 0 Å². The highest BCUT2D eigenvalue weighted by molar-refractivity contribution is 7.08. The molecule has 2 aromatic rings. The Hall–Kier alpha value is -1.41. The minimum atomic E-state index is 0.580. The van der Waals surface area contributed by atoms with Crippen molar-refractivity contribution < 1.29 is 0 Å². The number of aliphatic imine (C=N–C) groups is 1. The third kappa shape index (κ3) is 2.64. The van der Waals surface area contributed by atoms with Crippen molar-refractivity contribution in [2.75, 3.05) is 6.54 Å². The van der Waals surface area contributed by atoms with Gasteiger partial charge in [-0.2, -0.15) is 11.3 Å². The maximum Gasteiger partial charge on any atom is 0.0461 e. The minimum Gasteiger partial charge on any atom is -0.293 e. The van der Waals surface area contributed by atoms with E-state index in [1.807, 2.05) is 0 Å². The van der Waals surface area contributed by atoms with Crippen molar-refractivity contribution in [3.63, 3.8) is 0 Å². The highest BCUT2D eigenvalue weighted by Crippen LogP contribution is 2.31. The lowest BCUT2D eigenvalue weighted by Gasteiger charge is -2.11. The molecule has 1 aromatic heterocycles. The molecular formula is C17H19NS. The fourth-order valence-corrected chi connectivity index (χ4v) is 3.32. The van der Waals surface area contributed by atoms with E-state index < -0.39 is 0 Å². The number of rotatable bonds is 3. The van der Waals surface area contributed by atoms with Crippen molar-refractivity contribution in [2.24, 2.45) is 10.9 Å². The van der Waals surface area contributed by atoms with E-state index in [1.54, 1.807) is 11.3 Å². The molecule has 0 saturated heterocycles. The van der Waals surface area contributed by atoms with Gasteiger partial charge in [-0.25, -0.2) is 0 Å². The summed E-state index contributed by atoms with van der Waals surface area (Å²) < 4.78 is 0. The van der Waals surface area contributed by atoms with Crippen LogP contribution in [-0.2, 0) is 0 Å². The lowest BCUT2D eigenvalue weighted by atomic mass is 9.91. The molecule has 2 heterocycles. The highest BCUT2D eigenvalue weighted by Gasteiger charge is 2.22. The average Bonchev–Trinajstić information content (AvgIpc) is 3.10. The number of nitrogens with zero attached hydrogens (tertiary/aromatic N) is 1. The summed E-state index contributed by atoms with van der Waals surface area (Å²) >= 11 is 1.75. The van der Waals surface area contributed by atoms with Crippen LogP contribution in [-0.4, -0.2) is 12.3 Å². The number of hydrogen-bond donors (Lipinski definition) is 0. The van der Waals surface area contributed by atoms with Crippen LogP contribution in [0, 0.1) is 5.92 Å². The number of thiophene rings is 1. The summed E-state index contributed by atoms with van der Waals surface area (Å²) in [4.78, 5) is 4.70.